The topological polar surface area (TPSA) is 93.6 Å². The van der Waals surface area contributed by atoms with Gasteiger partial charge in [0.1, 0.15) is 6.20 Å². The van der Waals surface area contributed by atoms with E-state index in [1.807, 2.05) is 38.1 Å². The number of aromatic nitrogens is 2. The molecule has 0 bridgehead atoms. The van der Waals surface area contributed by atoms with Crippen LogP contribution in [0.4, 0.5) is 5.69 Å². The van der Waals surface area contributed by atoms with Gasteiger partial charge in [-0.3, -0.25) is 19.6 Å². The average Bonchev–Trinajstić information content (AvgIpc) is 3.49. The molecule has 1 aliphatic heterocycles. The minimum atomic E-state index is -0.549. The molecule has 1 fully saturated rings. The molecule has 8 nitrogen and oxygen atoms in total. The smallest absolute Gasteiger partial charge is 0.265 e. The van der Waals surface area contributed by atoms with E-state index in [9.17, 15) is 14.9 Å². The van der Waals surface area contributed by atoms with Gasteiger partial charge in [0.25, 0.3) is 0 Å². The Morgan fingerprint density at radius 3 is 2.42 bits per heavy atom. The largest absolute Gasteiger partial charge is 0.320 e. The van der Waals surface area contributed by atoms with Crippen LogP contribution in [0.3, 0.4) is 0 Å². The minimum absolute atomic E-state index is 0.00872. The van der Waals surface area contributed by atoms with Gasteiger partial charge in [0.15, 0.2) is 0 Å². The monoisotopic (exact) mass is 483 g/mol. The normalized spacial score (nSPS) is 20.4. The third kappa shape index (κ3) is 4.34. The molecule has 0 spiro atoms. The fraction of sp³-hybridized carbons (Fsp3) is 0.321. The molecule has 5 rings (SSSR count). The number of benzene rings is 2. The lowest BCUT2D eigenvalue weighted by atomic mass is 9.77. The zero-order chi connectivity index (χ0) is 25.4. The fourth-order valence-corrected chi connectivity index (χ4v) is 5.10. The van der Waals surface area contributed by atoms with Crippen LogP contribution in [0, 0.1) is 29.9 Å². The van der Waals surface area contributed by atoms with Gasteiger partial charge in [0.2, 0.25) is 5.69 Å². The van der Waals surface area contributed by atoms with Crippen LogP contribution >= 0.6 is 0 Å². The van der Waals surface area contributed by atoms with Gasteiger partial charge in [0.05, 0.1) is 16.7 Å². The number of fused-ring (bicyclic) bond motifs is 1. The number of hydrazone groups is 1. The van der Waals surface area contributed by atoms with E-state index in [2.05, 4.69) is 42.4 Å². The number of carbonyl (C=O) groups excluding carboxylic acids is 1. The van der Waals surface area contributed by atoms with Crippen molar-refractivity contribution in [2.24, 2.45) is 11.0 Å². The van der Waals surface area contributed by atoms with Crippen molar-refractivity contribution < 1.29 is 9.72 Å². The Balaban J connectivity index is 1.60. The van der Waals surface area contributed by atoms with Gasteiger partial charge in [-0.25, -0.2) is 5.01 Å². The summed E-state index contributed by atoms with van der Waals surface area (Å²) in [6.45, 7) is 6.33. The van der Waals surface area contributed by atoms with Gasteiger partial charge in [0, 0.05) is 12.5 Å². The number of carbonyl (C=O) groups is 1. The van der Waals surface area contributed by atoms with E-state index in [-0.39, 0.29) is 23.3 Å². The number of amides is 1. The predicted molar refractivity (Wildman–Crippen MR) is 139 cm³/mol. The summed E-state index contributed by atoms with van der Waals surface area (Å²) in [6.07, 6.45) is 6.21. The maximum atomic E-state index is 13.8. The van der Waals surface area contributed by atoms with Gasteiger partial charge in [-0.1, -0.05) is 59.7 Å². The van der Waals surface area contributed by atoms with Crippen molar-refractivity contribution >= 4 is 23.4 Å². The first-order chi connectivity index (χ1) is 17.4. The van der Waals surface area contributed by atoms with E-state index < -0.39 is 10.8 Å². The van der Waals surface area contributed by atoms with Crippen molar-refractivity contribution in [2.45, 2.75) is 52.6 Å². The van der Waals surface area contributed by atoms with E-state index in [0.29, 0.717) is 6.54 Å². The third-order valence-corrected chi connectivity index (χ3v) is 7.01. The van der Waals surface area contributed by atoms with Gasteiger partial charge < -0.3 is 0 Å². The van der Waals surface area contributed by atoms with E-state index >= 15 is 0 Å². The lowest BCUT2D eigenvalue weighted by Crippen LogP contribution is -2.32. The molecule has 36 heavy (non-hydrogen) atoms. The van der Waals surface area contributed by atoms with Crippen molar-refractivity contribution in [3.63, 3.8) is 0 Å². The summed E-state index contributed by atoms with van der Waals surface area (Å²) < 4.78 is 1.42. The van der Waals surface area contributed by atoms with Crippen LogP contribution in [0.1, 0.15) is 65.0 Å². The second kappa shape index (κ2) is 9.53. The van der Waals surface area contributed by atoms with Crippen molar-refractivity contribution in [1.29, 1.82) is 0 Å². The Morgan fingerprint density at radius 2 is 1.78 bits per heavy atom. The number of nitro groups is 1. The molecule has 0 unspecified atom stereocenters. The molecule has 184 valence electrons. The first kappa shape index (κ1) is 23.7. The Bertz CT molecular complexity index is 1370. The molecule has 0 N–H and O–H groups in total. The molecule has 2 aliphatic rings. The van der Waals surface area contributed by atoms with Crippen LogP contribution in [0.15, 0.2) is 65.4 Å². The van der Waals surface area contributed by atoms with Crippen LogP contribution in [0.2, 0.25) is 0 Å². The van der Waals surface area contributed by atoms with E-state index in [1.54, 1.807) is 0 Å². The molecule has 3 aromatic rings. The third-order valence-electron chi connectivity index (χ3n) is 7.01. The zero-order valence-corrected chi connectivity index (χ0v) is 20.7. The van der Waals surface area contributed by atoms with Gasteiger partial charge in [-0.15, -0.1) is 0 Å². The standard InChI is InChI=1S/C28H29N5O3/c1-4-31-17-24(33(35)36)26(29-31)28(34)32-27(21-14-10-19(3)11-15-21)23-7-5-6-22(25(23)30-32)16-20-12-8-18(2)9-13-20/h8-17,23,27H,4-7H2,1-3H3/b22-16-/t23-,27-/m1/s1. The summed E-state index contributed by atoms with van der Waals surface area (Å²) in [5.41, 5.74) is 5.90. The van der Waals surface area contributed by atoms with Crippen molar-refractivity contribution in [2.75, 3.05) is 0 Å². The molecule has 8 heteroatoms. The number of allylic oxidation sites excluding steroid dienone is 1. The maximum Gasteiger partial charge on any atom is 0.320 e. The van der Waals surface area contributed by atoms with Gasteiger partial charge in [-0.2, -0.15) is 10.2 Å². The number of hydrogen-bond acceptors (Lipinski definition) is 5. The van der Waals surface area contributed by atoms with Gasteiger partial charge in [-0.05, 0) is 62.8 Å². The Morgan fingerprint density at radius 1 is 1.11 bits per heavy atom. The molecule has 1 amide bonds. The number of hydrogen-bond donors (Lipinski definition) is 0. The first-order valence-corrected chi connectivity index (χ1v) is 12.3. The zero-order valence-electron chi connectivity index (χ0n) is 20.7. The summed E-state index contributed by atoms with van der Waals surface area (Å²) in [7, 11) is 0. The highest BCUT2D eigenvalue weighted by molar-refractivity contribution is 6.09. The van der Waals surface area contributed by atoms with E-state index in [4.69, 9.17) is 5.10 Å². The molecular formula is C28H29N5O3. The predicted octanol–water partition coefficient (Wildman–Crippen LogP) is 5.86. The highest BCUT2D eigenvalue weighted by Gasteiger charge is 2.45. The van der Waals surface area contributed by atoms with Crippen molar-refractivity contribution in [3.8, 4) is 0 Å². The Labute approximate surface area is 210 Å². The molecule has 2 atom stereocenters. The average molecular weight is 484 g/mol. The molecule has 2 aromatic carbocycles. The maximum absolute atomic E-state index is 13.8. The fourth-order valence-electron chi connectivity index (χ4n) is 5.10. The van der Waals surface area contributed by atoms with Crippen molar-refractivity contribution in [1.82, 2.24) is 14.8 Å². The molecule has 1 saturated carbocycles. The van der Waals surface area contributed by atoms with Crippen molar-refractivity contribution in [3.05, 3.63) is 98.4 Å². The van der Waals surface area contributed by atoms with E-state index in [1.165, 1.54) is 21.5 Å². The molecule has 0 saturated heterocycles. The quantitative estimate of drug-likeness (QED) is 0.335. The summed E-state index contributed by atoms with van der Waals surface area (Å²) in [5, 5.41) is 22.3. The Kier molecular flexibility index (Phi) is 6.26. The Hall–Kier alpha value is -4.07. The van der Waals surface area contributed by atoms with Crippen LogP contribution in [-0.2, 0) is 6.54 Å². The number of rotatable bonds is 5. The van der Waals surface area contributed by atoms with E-state index in [0.717, 1.165) is 47.2 Å². The van der Waals surface area contributed by atoms with Crippen LogP contribution in [0.5, 0.6) is 0 Å². The van der Waals surface area contributed by atoms with Gasteiger partial charge >= 0.3 is 11.6 Å². The summed E-state index contributed by atoms with van der Waals surface area (Å²) >= 11 is 0. The molecular weight excluding hydrogens is 454 g/mol. The highest BCUT2D eigenvalue weighted by Crippen LogP contribution is 2.45. The lowest BCUT2D eigenvalue weighted by Gasteiger charge is -2.29. The number of nitrogens with zero attached hydrogens (tertiary/aromatic N) is 5. The first-order valence-electron chi connectivity index (χ1n) is 12.3. The summed E-state index contributed by atoms with van der Waals surface area (Å²) in [4.78, 5) is 25.0. The lowest BCUT2D eigenvalue weighted by molar-refractivity contribution is -0.385. The number of aryl methyl sites for hydroxylation is 3. The molecule has 1 aromatic heterocycles. The minimum Gasteiger partial charge on any atom is -0.265 e. The van der Waals surface area contributed by atoms with Crippen LogP contribution in [0.25, 0.3) is 6.08 Å². The summed E-state index contributed by atoms with van der Waals surface area (Å²) in [5.74, 6) is -0.537. The van der Waals surface area contributed by atoms with Crippen LogP contribution in [-0.4, -0.2) is 31.3 Å². The highest BCUT2D eigenvalue weighted by atomic mass is 16.6. The van der Waals surface area contributed by atoms with Crippen LogP contribution < -0.4 is 0 Å². The second-order valence-electron chi connectivity index (χ2n) is 9.55. The molecule has 0 radical (unpaired) electrons. The molecule has 2 heterocycles. The SMILES string of the molecule is CCn1cc([N+](=O)[O-])c(C(=O)N2N=C3/C(=C\c4ccc(C)cc4)CCC[C@H]3[C@H]2c2ccc(C)cc2)n1. The second-order valence-corrected chi connectivity index (χ2v) is 9.55. The molecule has 1 aliphatic carbocycles. The summed E-state index contributed by atoms with van der Waals surface area (Å²) in [6, 6.07) is 16.1.